The maximum atomic E-state index is 12.8. The molecular formula is C16H17FN2O2. The first-order valence-electron chi connectivity index (χ1n) is 6.59. The molecule has 4 nitrogen and oxygen atoms in total. The van der Waals surface area contributed by atoms with Crippen molar-refractivity contribution in [3.63, 3.8) is 0 Å². The van der Waals surface area contributed by atoms with Gasteiger partial charge in [-0.05, 0) is 49.0 Å². The lowest BCUT2D eigenvalue weighted by Gasteiger charge is -2.09. The van der Waals surface area contributed by atoms with Crippen molar-refractivity contribution in [3.8, 4) is 5.75 Å². The topological polar surface area (TPSA) is 50.4 Å². The lowest BCUT2D eigenvalue weighted by molar-refractivity contribution is -0.118. The molecule has 0 atom stereocenters. The second kappa shape index (κ2) is 7.40. The summed E-state index contributed by atoms with van der Waals surface area (Å²) in [5.74, 6) is 0.00299. The molecule has 0 aliphatic rings. The summed E-state index contributed by atoms with van der Waals surface area (Å²) >= 11 is 0. The molecule has 1 amide bonds. The van der Waals surface area contributed by atoms with Crippen LogP contribution < -0.4 is 15.4 Å². The number of benzene rings is 2. The standard InChI is InChI=1S/C16H17FN2O2/c1-18-10-12-3-2-4-15(9-12)21-11-16(20)19-14-7-5-13(17)6-8-14/h2-9,18H,10-11H2,1H3,(H,19,20). The van der Waals surface area contributed by atoms with Crippen molar-refractivity contribution in [1.29, 1.82) is 0 Å². The molecule has 5 heteroatoms. The Bertz CT molecular complexity index is 599. The number of amides is 1. The van der Waals surface area contributed by atoms with Crippen LogP contribution in [0.3, 0.4) is 0 Å². The van der Waals surface area contributed by atoms with E-state index in [-0.39, 0.29) is 18.3 Å². The van der Waals surface area contributed by atoms with E-state index < -0.39 is 0 Å². The van der Waals surface area contributed by atoms with Crippen LogP contribution in [0.1, 0.15) is 5.56 Å². The summed E-state index contributed by atoms with van der Waals surface area (Å²) in [6.45, 7) is 0.638. The maximum Gasteiger partial charge on any atom is 0.262 e. The molecule has 2 aromatic carbocycles. The van der Waals surface area contributed by atoms with Gasteiger partial charge >= 0.3 is 0 Å². The van der Waals surface area contributed by atoms with E-state index in [2.05, 4.69) is 10.6 Å². The zero-order valence-electron chi connectivity index (χ0n) is 11.7. The van der Waals surface area contributed by atoms with Gasteiger partial charge in [0.2, 0.25) is 0 Å². The van der Waals surface area contributed by atoms with Crippen LogP contribution in [0.15, 0.2) is 48.5 Å². The minimum Gasteiger partial charge on any atom is -0.484 e. The Labute approximate surface area is 122 Å². The van der Waals surface area contributed by atoms with Crippen LogP contribution >= 0.6 is 0 Å². The monoisotopic (exact) mass is 288 g/mol. The van der Waals surface area contributed by atoms with E-state index in [1.165, 1.54) is 24.3 Å². The predicted octanol–water partition coefficient (Wildman–Crippen LogP) is 2.56. The van der Waals surface area contributed by atoms with Gasteiger partial charge in [0, 0.05) is 12.2 Å². The summed E-state index contributed by atoms with van der Waals surface area (Å²) < 4.78 is 18.2. The zero-order chi connectivity index (χ0) is 15.1. The molecule has 0 aromatic heterocycles. The molecule has 0 unspecified atom stereocenters. The number of carbonyl (C=O) groups is 1. The molecule has 0 saturated heterocycles. The van der Waals surface area contributed by atoms with Gasteiger partial charge in [0.1, 0.15) is 11.6 Å². The smallest absolute Gasteiger partial charge is 0.262 e. The Balaban J connectivity index is 1.86. The van der Waals surface area contributed by atoms with Crippen LogP contribution in [0, 0.1) is 5.82 Å². The number of carbonyl (C=O) groups excluding carboxylic acids is 1. The van der Waals surface area contributed by atoms with Crippen LogP contribution in [-0.2, 0) is 11.3 Å². The van der Waals surface area contributed by atoms with Crippen molar-refractivity contribution < 1.29 is 13.9 Å². The maximum absolute atomic E-state index is 12.8. The van der Waals surface area contributed by atoms with E-state index in [0.29, 0.717) is 11.4 Å². The molecule has 0 spiro atoms. The first-order valence-corrected chi connectivity index (χ1v) is 6.59. The van der Waals surface area contributed by atoms with Crippen molar-refractivity contribution in [2.45, 2.75) is 6.54 Å². The molecule has 110 valence electrons. The van der Waals surface area contributed by atoms with E-state index in [9.17, 15) is 9.18 Å². The van der Waals surface area contributed by atoms with Gasteiger partial charge in [-0.2, -0.15) is 0 Å². The SMILES string of the molecule is CNCc1cccc(OCC(=O)Nc2ccc(F)cc2)c1. The molecule has 2 N–H and O–H groups in total. The molecule has 0 bridgehead atoms. The number of anilines is 1. The average molecular weight is 288 g/mol. The van der Waals surface area contributed by atoms with E-state index >= 15 is 0 Å². The molecular weight excluding hydrogens is 271 g/mol. The summed E-state index contributed by atoms with van der Waals surface area (Å²) in [6, 6.07) is 13.1. The third-order valence-electron chi connectivity index (χ3n) is 2.78. The Hall–Kier alpha value is -2.40. The highest BCUT2D eigenvalue weighted by Gasteiger charge is 2.04. The van der Waals surface area contributed by atoms with Gasteiger partial charge in [-0.1, -0.05) is 12.1 Å². The fourth-order valence-electron chi connectivity index (χ4n) is 1.83. The van der Waals surface area contributed by atoms with E-state index in [1.807, 2.05) is 25.2 Å². The molecule has 0 heterocycles. The third-order valence-corrected chi connectivity index (χ3v) is 2.78. The lowest BCUT2D eigenvalue weighted by Crippen LogP contribution is -2.20. The Kier molecular flexibility index (Phi) is 5.29. The number of hydrogen-bond acceptors (Lipinski definition) is 3. The summed E-state index contributed by atoms with van der Waals surface area (Å²) in [5, 5.41) is 5.68. The summed E-state index contributed by atoms with van der Waals surface area (Å²) in [5.41, 5.74) is 1.61. The van der Waals surface area contributed by atoms with Gasteiger partial charge in [0.05, 0.1) is 0 Å². The van der Waals surface area contributed by atoms with E-state index in [1.54, 1.807) is 6.07 Å². The van der Waals surface area contributed by atoms with Crippen molar-refractivity contribution in [2.24, 2.45) is 0 Å². The molecule has 0 radical (unpaired) electrons. The number of hydrogen-bond donors (Lipinski definition) is 2. The van der Waals surface area contributed by atoms with Crippen molar-refractivity contribution in [3.05, 3.63) is 59.9 Å². The summed E-state index contributed by atoms with van der Waals surface area (Å²) in [6.07, 6.45) is 0. The molecule has 0 fully saturated rings. The first kappa shape index (κ1) is 15.0. The second-order valence-corrected chi connectivity index (χ2v) is 4.52. The highest BCUT2D eigenvalue weighted by Crippen LogP contribution is 2.13. The third kappa shape index (κ3) is 4.89. The minimum atomic E-state index is -0.342. The molecule has 2 rings (SSSR count). The highest BCUT2D eigenvalue weighted by molar-refractivity contribution is 5.91. The normalized spacial score (nSPS) is 10.2. The van der Waals surface area contributed by atoms with Crippen molar-refractivity contribution in [2.75, 3.05) is 19.0 Å². The molecule has 0 aliphatic carbocycles. The van der Waals surface area contributed by atoms with Gasteiger partial charge in [0.15, 0.2) is 6.61 Å². The van der Waals surface area contributed by atoms with Crippen molar-refractivity contribution >= 4 is 11.6 Å². The quantitative estimate of drug-likeness (QED) is 0.859. The van der Waals surface area contributed by atoms with Gasteiger partial charge in [-0.3, -0.25) is 4.79 Å². The van der Waals surface area contributed by atoms with Gasteiger partial charge in [-0.25, -0.2) is 4.39 Å². The predicted molar refractivity (Wildman–Crippen MR) is 79.7 cm³/mol. The zero-order valence-corrected chi connectivity index (χ0v) is 11.7. The van der Waals surface area contributed by atoms with Crippen LogP contribution in [0.2, 0.25) is 0 Å². The fourth-order valence-corrected chi connectivity index (χ4v) is 1.83. The second-order valence-electron chi connectivity index (χ2n) is 4.52. The van der Waals surface area contributed by atoms with Crippen LogP contribution in [0.25, 0.3) is 0 Å². The molecule has 0 aliphatic heterocycles. The highest BCUT2D eigenvalue weighted by atomic mass is 19.1. The number of rotatable bonds is 6. The average Bonchev–Trinajstić information content (AvgIpc) is 2.48. The lowest BCUT2D eigenvalue weighted by atomic mass is 10.2. The van der Waals surface area contributed by atoms with Gasteiger partial charge < -0.3 is 15.4 Å². The summed E-state index contributed by atoms with van der Waals surface area (Å²) in [7, 11) is 1.86. The van der Waals surface area contributed by atoms with Crippen molar-refractivity contribution in [1.82, 2.24) is 5.32 Å². The van der Waals surface area contributed by atoms with Crippen LogP contribution in [0.5, 0.6) is 5.75 Å². The number of ether oxygens (including phenoxy) is 1. The van der Waals surface area contributed by atoms with E-state index in [0.717, 1.165) is 12.1 Å². The number of halogens is 1. The van der Waals surface area contributed by atoms with E-state index in [4.69, 9.17) is 4.74 Å². The van der Waals surface area contributed by atoms with Gasteiger partial charge in [-0.15, -0.1) is 0 Å². The van der Waals surface area contributed by atoms with Crippen LogP contribution in [-0.4, -0.2) is 19.6 Å². The number of nitrogens with one attached hydrogen (secondary N) is 2. The van der Waals surface area contributed by atoms with Gasteiger partial charge in [0.25, 0.3) is 5.91 Å². The first-order chi connectivity index (χ1) is 10.2. The Morgan fingerprint density at radius 3 is 2.67 bits per heavy atom. The Morgan fingerprint density at radius 1 is 1.19 bits per heavy atom. The molecule has 21 heavy (non-hydrogen) atoms. The fraction of sp³-hybridized carbons (Fsp3) is 0.188. The van der Waals surface area contributed by atoms with Crippen LogP contribution in [0.4, 0.5) is 10.1 Å². The Morgan fingerprint density at radius 2 is 1.95 bits per heavy atom. The minimum absolute atomic E-state index is 0.0968. The largest absolute Gasteiger partial charge is 0.484 e. The molecule has 2 aromatic rings. The summed E-state index contributed by atoms with van der Waals surface area (Å²) in [4.78, 5) is 11.7. The molecule has 0 saturated carbocycles.